The van der Waals surface area contributed by atoms with E-state index in [2.05, 4.69) is 159 Å². The molecule has 0 radical (unpaired) electrons. The van der Waals surface area contributed by atoms with Gasteiger partial charge in [0.25, 0.3) is 0 Å². The molecule has 0 spiro atoms. The van der Waals surface area contributed by atoms with Crippen LogP contribution in [0.2, 0.25) is 0 Å². The second-order valence-electron chi connectivity index (χ2n) is 12.0. The van der Waals surface area contributed by atoms with E-state index in [-0.39, 0.29) is 0 Å². The van der Waals surface area contributed by atoms with Crippen LogP contribution in [0.1, 0.15) is 22.3 Å². The normalized spacial score (nSPS) is 12.0. The van der Waals surface area contributed by atoms with Crippen molar-refractivity contribution < 1.29 is 0 Å². The second kappa shape index (κ2) is 11.6. The first kappa shape index (κ1) is 27.7. The lowest BCUT2D eigenvalue weighted by atomic mass is 9.97. The highest BCUT2D eigenvalue weighted by atomic mass is 14.7. The van der Waals surface area contributed by atoms with Crippen molar-refractivity contribution in [3.63, 3.8) is 0 Å². The standard InChI is InChI=1S/C44H32N2/c1-29-23-31(19-21-43(29)45-27-41-37-15-7-3-11-33(37)25-34-12-4-8-16-38(34)41)32-20-22-44(30(2)24-32)46-28-42-39-17-9-5-13-35(39)26-36-14-6-10-18-40(36)42/h3-28H,1-2H3. The fourth-order valence-electron chi connectivity index (χ4n) is 6.60. The highest BCUT2D eigenvalue weighted by molar-refractivity contribution is 6.14. The number of aryl methyl sites for hydroxylation is 2. The predicted octanol–water partition coefficient (Wildman–Crippen LogP) is 12.1. The smallest absolute Gasteiger partial charge is 0.0659 e. The topological polar surface area (TPSA) is 24.7 Å². The van der Waals surface area contributed by atoms with Gasteiger partial charge in [-0.25, -0.2) is 0 Å². The molecule has 0 bridgehead atoms. The zero-order chi connectivity index (χ0) is 31.0. The SMILES string of the molecule is Cc1cc(-c2ccc(N=Cc3c4ccccc4cc4ccccc34)c(C)c2)ccc1N=Cc1c2ccccc2cc2ccccc12. The monoisotopic (exact) mass is 588 g/mol. The molecule has 0 saturated heterocycles. The number of hydrogen-bond donors (Lipinski definition) is 0. The molecule has 0 saturated carbocycles. The van der Waals surface area contributed by atoms with Crippen molar-refractivity contribution in [3.05, 3.63) is 168 Å². The fourth-order valence-corrected chi connectivity index (χ4v) is 6.60. The lowest BCUT2D eigenvalue weighted by Gasteiger charge is -2.10. The Hall–Kier alpha value is -5.86. The zero-order valence-corrected chi connectivity index (χ0v) is 25.9. The number of nitrogens with zero attached hydrogens (tertiary/aromatic N) is 2. The minimum Gasteiger partial charge on any atom is -0.256 e. The summed E-state index contributed by atoms with van der Waals surface area (Å²) in [5, 5.41) is 9.76. The van der Waals surface area contributed by atoms with Gasteiger partial charge in [-0.05, 0) is 116 Å². The van der Waals surface area contributed by atoms with Crippen molar-refractivity contribution in [2.45, 2.75) is 13.8 Å². The van der Waals surface area contributed by atoms with Crippen LogP contribution in [0, 0.1) is 13.8 Å². The van der Waals surface area contributed by atoms with Crippen LogP contribution in [0.4, 0.5) is 11.4 Å². The van der Waals surface area contributed by atoms with E-state index in [9.17, 15) is 0 Å². The van der Waals surface area contributed by atoms with Crippen molar-refractivity contribution in [2.75, 3.05) is 0 Å². The van der Waals surface area contributed by atoms with Gasteiger partial charge >= 0.3 is 0 Å². The molecule has 0 aliphatic carbocycles. The first-order valence-electron chi connectivity index (χ1n) is 15.7. The number of fused-ring (bicyclic) bond motifs is 4. The molecule has 0 aliphatic heterocycles. The Morgan fingerprint density at radius 1 is 0.370 bits per heavy atom. The molecular weight excluding hydrogens is 556 g/mol. The molecule has 0 atom stereocenters. The van der Waals surface area contributed by atoms with Crippen LogP contribution < -0.4 is 0 Å². The van der Waals surface area contributed by atoms with E-state index in [0.29, 0.717) is 0 Å². The third-order valence-electron chi connectivity index (χ3n) is 9.02. The van der Waals surface area contributed by atoms with Gasteiger partial charge in [0.1, 0.15) is 0 Å². The van der Waals surface area contributed by atoms with Crippen molar-refractivity contribution in [1.82, 2.24) is 0 Å². The van der Waals surface area contributed by atoms with Crippen molar-refractivity contribution in [3.8, 4) is 11.1 Å². The number of benzene rings is 8. The maximum atomic E-state index is 4.99. The minimum atomic E-state index is 0.973. The summed E-state index contributed by atoms with van der Waals surface area (Å²) in [6, 6.07) is 51.7. The van der Waals surface area contributed by atoms with E-state index in [1.54, 1.807) is 0 Å². The summed E-state index contributed by atoms with van der Waals surface area (Å²) in [4.78, 5) is 9.99. The first-order valence-corrected chi connectivity index (χ1v) is 15.7. The van der Waals surface area contributed by atoms with Gasteiger partial charge in [-0.2, -0.15) is 0 Å². The molecular formula is C44H32N2. The summed E-state index contributed by atoms with van der Waals surface area (Å²) in [6.07, 6.45) is 4.06. The number of rotatable bonds is 5. The van der Waals surface area contributed by atoms with Gasteiger partial charge in [-0.3, -0.25) is 9.98 Å². The molecule has 0 aromatic heterocycles. The highest BCUT2D eigenvalue weighted by Crippen LogP contribution is 2.33. The Bertz CT molecular complexity index is 2220. The molecule has 0 unspecified atom stereocenters. The summed E-state index contributed by atoms with van der Waals surface area (Å²) < 4.78 is 0. The molecule has 46 heavy (non-hydrogen) atoms. The molecule has 8 rings (SSSR count). The van der Waals surface area contributed by atoms with Gasteiger partial charge in [-0.1, -0.05) is 109 Å². The van der Waals surface area contributed by atoms with Crippen LogP contribution in [0.3, 0.4) is 0 Å². The Morgan fingerprint density at radius 3 is 1.02 bits per heavy atom. The summed E-state index contributed by atoms with van der Waals surface area (Å²) in [6.45, 7) is 4.27. The van der Waals surface area contributed by atoms with Crippen LogP contribution in [0.5, 0.6) is 0 Å². The van der Waals surface area contributed by atoms with E-state index in [4.69, 9.17) is 9.98 Å². The van der Waals surface area contributed by atoms with Crippen molar-refractivity contribution >= 4 is 66.9 Å². The molecule has 2 nitrogen and oxygen atoms in total. The molecule has 2 heteroatoms. The highest BCUT2D eigenvalue weighted by Gasteiger charge is 2.09. The minimum absolute atomic E-state index is 0.973. The van der Waals surface area contributed by atoms with Crippen LogP contribution in [-0.4, -0.2) is 12.4 Å². The lowest BCUT2D eigenvalue weighted by molar-refractivity contribution is 1.38. The predicted molar refractivity (Wildman–Crippen MR) is 199 cm³/mol. The van der Waals surface area contributed by atoms with Gasteiger partial charge in [0, 0.05) is 23.6 Å². The second-order valence-corrected chi connectivity index (χ2v) is 12.0. The largest absolute Gasteiger partial charge is 0.256 e. The summed E-state index contributed by atoms with van der Waals surface area (Å²) in [5.74, 6) is 0. The molecule has 0 aliphatic rings. The van der Waals surface area contributed by atoms with Gasteiger partial charge in [0.05, 0.1) is 11.4 Å². The van der Waals surface area contributed by atoms with Gasteiger partial charge < -0.3 is 0 Å². The Balaban J connectivity index is 1.10. The van der Waals surface area contributed by atoms with Crippen molar-refractivity contribution in [1.29, 1.82) is 0 Å². The average Bonchev–Trinajstić information content (AvgIpc) is 3.09. The Labute approximate surface area is 269 Å². The molecule has 0 N–H and O–H groups in total. The number of aliphatic imine (C=N–C) groups is 2. The fraction of sp³-hybridized carbons (Fsp3) is 0.0455. The van der Waals surface area contributed by atoms with Gasteiger partial charge in [0.15, 0.2) is 0 Å². The average molecular weight is 589 g/mol. The zero-order valence-electron chi connectivity index (χ0n) is 25.9. The Morgan fingerprint density at radius 2 is 0.696 bits per heavy atom. The number of hydrogen-bond acceptors (Lipinski definition) is 2. The van der Waals surface area contributed by atoms with E-state index >= 15 is 0 Å². The molecule has 0 heterocycles. The van der Waals surface area contributed by atoms with Gasteiger partial charge in [0.2, 0.25) is 0 Å². The van der Waals surface area contributed by atoms with E-state index in [1.165, 1.54) is 54.2 Å². The summed E-state index contributed by atoms with van der Waals surface area (Å²) in [7, 11) is 0. The van der Waals surface area contributed by atoms with Crippen LogP contribution >= 0.6 is 0 Å². The maximum absolute atomic E-state index is 4.99. The van der Waals surface area contributed by atoms with E-state index in [0.717, 1.165) is 33.6 Å². The summed E-state index contributed by atoms with van der Waals surface area (Å²) >= 11 is 0. The van der Waals surface area contributed by atoms with E-state index in [1.807, 2.05) is 12.4 Å². The third-order valence-corrected chi connectivity index (χ3v) is 9.02. The third kappa shape index (κ3) is 5.04. The quantitative estimate of drug-likeness (QED) is 0.141. The Kier molecular flexibility index (Phi) is 6.96. The van der Waals surface area contributed by atoms with E-state index < -0.39 is 0 Å². The maximum Gasteiger partial charge on any atom is 0.0659 e. The van der Waals surface area contributed by atoms with Crippen LogP contribution in [0.25, 0.3) is 54.2 Å². The summed E-state index contributed by atoms with van der Waals surface area (Å²) in [5.41, 5.74) is 8.88. The molecule has 8 aromatic carbocycles. The lowest BCUT2D eigenvalue weighted by Crippen LogP contribution is -1.89. The molecule has 0 fully saturated rings. The molecule has 0 amide bonds. The first-order chi connectivity index (χ1) is 22.6. The van der Waals surface area contributed by atoms with Gasteiger partial charge in [-0.15, -0.1) is 0 Å². The van der Waals surface area contributed by atoms with Crippen LogP contribution in [-0.2, 0) is 0 Å². The van der Waals surface area contributed by atoms with Crippen molar-refractivity contribution in [2.24, 2.45) is 9.98 Å². The molecule has 218 valence electrons. The molecule has 8 aromatic rings. The van der Waals surface area contributed by atoms with Crippen LogP contribution in [0.15, 0.2) is 156 Å².